The smallest absolute Gasteiger partial charge is 0.263 e. The minimum atomic E-state index is -0.0171. The van der Waals surface area contributed by atoms with Gasteiger partial charge in [0.15, 0.2) is 0 Å². The van der Waals surface area contributed by atoms with Gasteiger partial charge >= 0.3 is 0 Å². The molecule has 0 aliphatic carbocycles. The van der Waals surface area contributed by atoms with E-state index in [1.807, 2.05) is 19.1 Å². The summed E-state index contributed by atoms with van der Waals surface area (Å²) < 4.78 is 0.736. The van der Waals surface area contributed by atoms with Gasteiger partial charge in [-0.05, 0) is 19.1 Å². The van der Waals surface area contributed by atoms with Crippen LogP contribution < -0.4 is 5.32 Å². The number of rotatable bonds is 4. The average molecular weight is 383 g/mol. The minimum Gasteiger partial charge on any atom is -0.350 e. The number of aryl methyl sites for hydroxylation is 1. The third kappa shape index (κ3) is 3.23. The first-order valence-electron chi connectivity index (χ1n) is 8.08. The first kappa shape index (κ1) is 16.5. The normalized spacial score (nSPS) is 25.8. The molecule has 3 saturated heterocycles. The summed E-state index contributed by atoms with van der Waals surface area (Å²) in [4.78, 5) is 23.8. The van der Waals surface area contributed by atoms with Crippen LogP contribution in [0.1, 0.15) is 15.4 Å². The number of halogens is 1. The number of aromatic nitrogens is 1. The highest BCUT2D eigenvalue weighted by Gasteiger charge is 2.32. The van der Waals surface area contributed by atoms with Crippen LogP contribution in [0.3, 0.4) is 0 Å². The number of carbonyl (C=O) groups excluding carboxylic acids is 1. The van der Waals surface area contributed by atoms with Gasteiger partial charge in [-0.2, -0.15) is 0 Å². The van der Waals surface area contributed by atoms with Crippen molar-refractivity contribution < 1.29 is 4.79 Å². The third-order valence-electron chi connectivity index (χ3n) is 4.68. The summed E-state index contributed by atoms with van der Waals surface area (Å²) in [7, 11) is 0. The van der Waals surface area contributed by atoms with Crippen LogP contribution in [0.15, 0.2) is 12.1 Å². The van der Waals surface area contributed by atoms with Gasteiger partial charge in [0.2, 0.25) is 0 Å². The Morgan fingerprint density at radius 2 is 2.12 bits per heavy atom. The third-order valence-corrected chi connectivity index (χ3v) is 7.23. The fraction of sp³-hybridized carbons (Fsp3) is 0.500. The molecule has 1 N–H and O–H groups in total. The lowest BCUT2D eigenvalue weighted by molar-refractivity contribution is 0.0138. The van der Waals surface area contributed by atoms with Crippen LogP contribution in [0, 0.1) is 6.92 Å². The van der Waals surface area contributed by atoms with Gasteiger partial charge in [0, 0.05) is 45.3 Å². The highest BCUT2D eigenvalue weighted by molar-refractivity contribution is 7.24. The number of hydrogen-bond acceptors (Lipinski definition) is 6. The van der Waals surface area contributed by atoms with Gasteiger partial charge < -0.3 is 5.32 Å². The van der Waals surface area contributed by atoms with Gasteiger partial charge in [0.1, 0.15) is 9.88 Å². The number of nitrogens with one attached hydrogen (secondary N) is 1. The molecule has 3 aliphatic heterocycles. The molecule has 5 nitrogen and oxygen atoms in total. The van der Waals surface area contributed by atoms with E-state index in [0.717, 1.165) is 52.6 Å². The lowest BCUT2D eigenvalue weighted by atomic mass is 10.1. The second kappa shape index (κ2) is 6.72. The first-order valence-corrected chi connectivity index (χ1v) is 10.1. The molecule has 5 rings (SSSR count). The molecule has 0 aromatic carbocycles. The molecule has 8 heteroatoms. The summed E-state index contributed by atoms with van der Waals surface area (Å²) in [6.45, 7) is 8.19. The Morgan fingerprint density at radius 3 is 2.75 bits per heavy atom. The first-order chi connectivity index (χ1) is 11.6. The molecule has 2 aromatic rings. The average Bonchev–Trinajstić information content (AvgIpc) is 3.19. The van der Waals surface area contributed by atoms with E-state index in [1.165, 1.54) is 22.7 Å². The monoisotopic (exact) mass is 382 g/mol. The van der Waals surface area contributed by atoms with E-state index in [-0.39, 0.29) is 5.91 Å². The van der Waals surface area contributed by atoms with Crippen molar-refractivity contribution in [3.05, 3.63) is 27.0 Å². The van der Waals surface area contributed by atoms with Gasteiger partial charge in [-0.3, -0.25) is 14.6 Å². The number of carbonyl (C=O) groups is 1. The van der Waals surface area contributed by atoms with Crippen molar-refractivity contribution in [1.29, 1.82) is 0 Å². The number of amides is 1. The zero-order valence-electron chi connectivity index (χ0n) is 13.4. The summed E-state index contributed by atoms with van der Waals surface area (Å²) in [6.07, 6.45) is 0. The molecule has 2 bridgehead atoms. The molecule has 128 valence electrons. The number of piperazine rings is 3. The summed E-state index contributed by atoms with van der Waals surface area (Å²) in [6, 6.07) is 4.24. The van der Waals surface area contributed by atoms with E-state index < -0.39 is 0 Å². The quantitative estimate of drug-likeness (QED) is 0.882. The summed E-state index contributed by atoms with van der Waals surface area (Å²) in [5.74, 6) is -0.0171. The lowest BCUT2D eigenvalue weighted by Crippen LogP contribution is -2.63. The van der Waals surface area contributed by atoms with E-state index in [0.29, 0.717) is 17.5 Å². The maximum atomic E-state index is 12.6. The maximum Gasteiger partial charge on any atom is 0.263 e. The molecule has 0 saturated carbocycles. The van der Waals surface area contributed by atoms with Crippen molar-refractivity contribution in [3.63, 3.8) is 0 Å². The van der Waals surface area contributed by atoms with Crippen LogP contribution in [-0.2, 0) is 0 Å². The van der Waals surface area contributed by atoms with Gasteiger partial charge in [-0.25, -0.2) is 4.98 Å². The Hall–Kier alpha value is -0.990. The van der Waals surface area contributed by atoms with E-state index in [2.05, 4.69) is 20.1 Å². The second-order valence-corrected chi connectivity index (χ2v) is 8.95. The Balaban J connectivity index is 1.42. The summed E-state index contributed by atoms with van der Waals surface area (Å²) >= 11 is 8.92. The zero-order chi connectivity index (χ0) is 16.7. The van der Waals surface area contributed by atoms with Crippen molar-refractivity contribution in [2.24, 2.45) is 0 Å². The number of nitrogens with zero attached hydrogens (tertiary/aromatic N) is 3. The van der Waals surface area contributed by atoms with E-state index in [1.54, 1.807) is 0 Å². The molecular weight excluding hydrogens is 364 g/mol. The molecule has 3 fully saturated rings. The van der Waals surface area contributed by atoms with Gasteiger partial charge in [-0.1, -0.05) is 11.6 Å². The Bertz CT molecular complexity index is 751. The summed E-state index contributed by atoms with van der Waals surface area (Å²) in [5, 5.41) is 3.97. The van der Waals surface area contributed by atoms with Crippen LogP contribution in [-0.4, -0.2) is 66.0 Å². The molecule has 1 atom stereocenters. The SMILES string of the molecule is Cc1nc(-c2ccc(Cl)s2)sc1C(=O)NCC1CN2CCN1CC2. The van der Waals surface area contributed by atoms with Gasteiger partial charge in [-0.15, -0.1) is 22.7 Å². The molecule has 0 spiro atoms. The molecular formula is C16H19ClN4OS2. The molecule has 0 radical (unpaired) electrons. The predicted octanol–water partition coefficient (Wildman–Crippen LogP) is 2.56. The van der Waals surface area contributed by atoms with Crippen molar-refractivity contribution in [2.45, 2.75) is 13.0 Å². The van der Waals surface area contributed by atoms with Crippen LogP contribution in [0.4, 0.5) is 0 Å². The largest absolute Gasteiger partial charge is 0.350 e. The lowest BCUT2D eigenvalue weighted by Gasteiger charge is -2.47. The van der Waals surface area contributed by atoms with E-state index in [4.69, 9.17) is 11.6 Å². The van der Waals surface area contributed by atoms with Crippen LogP contribution in [0.2, 0.25) is 4.34 Å². The standard InChI is InChI=1S/C16H19ClN4OS2/c1-10-14(24-16(19-10)12-2-3-13(17)23-12)15(22)18-8-11-9-20-4-6-21(11)7-5-20/h2-3,11H,4-9H2,1H3,(H,18,22). The highest BCUT2D eigenvalue weighted by atomic mass is 35.5. The Kier molecular flexibility index (Phi) is 4.62. The molecule has 5 heterocycles. The number of thiazole rings is 1. The van der Waals surface area contributed by atoms with E-state index >= 15 is 0 Å². The molecule has 3 aliphatic rings. The number of thiophene rings is 1. The second-order valence-electron chi connectivity index (χ2n) is 6.24. The van der Waals surface area contributed by atoms with Crippen molar-refractivity contribution >= 4 is 40.2 Å². The van der Waals surface area contributed by atoms with E-state index in [9.17, 15) is 4.79 Å². The number of fused-ring (bicyclic) bond motifs is 3. The van der Waals surface area contributed by atoms with Gasteiger partial charge in [0.25, 0.3) is 5.91 Å². The highest BCUT2D eigenvalue weighted by Crippen LogP contribution is 2.34. The van der Waals surface area contributed by atoms with Crippen molar-refractivity contribution in [2.75, 3.05) is 39.3 Å². The molecule has 1 unspecified atom stereocenters. The van der Waals surface area contributed by atoms with Crippen LogP contribution in [0.25, 0.3) is 9.88 Å². The van der Waals surface area contributed by atoms with Crippen molar-refractivity contribution in [1.82, 2.24) is 20.1 Å². The van der Waals surface area contributed by atoms with Crippen LogP contribution in [0.5, 0.6) is 0 Å². The molecule has 2 aromatic heterocycles. The van der Waals surface area contributed by atoms with Crippen LogP contribution >= 0.6 is 34.3 Å². The predicted molar refractivity (Wildman–Crippen MR) is 99.3 cm³/mol. The topological polar surface area (TPSA) is 48.5 Å². The Labute approximate surface area is 154 Å². The summed E-state index contributed by atoms with van der Waals surface area (Å²) in [5.41, 5.74) is 0.784. The fourth-order valence-corrected chi connectivity index (χ4v) is 5.43. The Morgan fingerprint density at radius 1 is 1.33 bits per heavy atom. The number of hydrogen-bond donors (Lipinski definition) is 1. The fourth-order valence-electron chi connectivity index (χ4n) is 3.35. The van der Waals surface area contributed by atoms with Crippen molar-refractivity contribution in [3.8, 4) is 9.88 Å². The molecule has 24 heavy (non-hydrogen) atoms. The van der Waals surface area contributed by atoms with Gasteiger partial charge in [0.05, 0.1) is 14.9 Å². The maximum absolute atomic E-state index is 12.6. The molecule has 1 amide bonds. The zero-order valence-corrected chi connectivity index (χ0v) is 15.8. The minimum absolute atomic E-state index is 0.0171.